The van der Waals surface area contributed by atoms with Gasteiger partial charge < -0.3 is 13.9 Å². The molecule has 0 spiro atoms. The largest absolute Gasteiger partial charge is 0.493 e. The number of alkyl halides is 3. The van der Waals surface area contributed by atoms with Crippen LogP contribution in [0.15, 0.2) is 51.0 Å². The first kappa shape index (κ1) is 27.9. The van der Waals surface area contributed by atoms with Gasteiger partial charge in [0.2, 0.25) is 0 Å². The van der Waals surface area contributed by atoms with E-state index in [0.29, 0.717) is 23.2 Å². The molecule has 13 heteroatoms. The number of amides is 1. The van der Waals surface area contributed by atoms with Crippen LogP contribution in [0.3, 0.4) is 0 Å². The number of ether oxygens (including phenoxy) is 2. The zero-order chi connectivity index (χ0) is 28.2. The van der Waals surface area contributed by atoms with Gasteiger partial charge in [0.1, 0.15) is 5.75 Å². The molecular formula is C26H24F3N3O6S. The molecule has 9 nitrogen and oxygen atoms in total. The van der Waals surface area contributed by atoms with E-state index in [4.69, 9.17) is 13.9 Å². The van der Waals surface area contributed by atoms with Crippen molar-refractivity contribution in [1.29, 1.82) is 0 Å². The van der Waals surface area contributed by atoms with Gasteiger partial charge in [0.05, 0.1) is 35.7 Å². The summed E-state index contributed by atoms with van der Waals surface area (Å²) in [5.74, 6) is -3.48. The Labute approximate surface area is 224 Å². The minimum atomic E-state index is -4.79. The summed E-state index contributed by atoms with van der Waals surface area (Å²) >= 11 is 0.932. The Morgan fingerprint density at radius 3 is 2.64 bits per heavy atom. The number of hydrogen-bond donors (Lipinski definition) is 1. The highest BCUT2D eigenvalue weighted by Crippen LogP contribution is 2.41. The second-order valence-electron chi connectivity index (χ2n) is 8.34. The molecule has 0 radical (unpaired) electrons. The van der Waals surface area contributed by atoms with E-state index in [1.54, 1.807) is 23.6 Å². The summed E-state index contributed by atoms with van der Waals surface area (Å²) < 4.78 is 57.2. The van der Waals surface area contributed by atoms with Crippen molar-refractivity contribution < 1.29 is 36.7 Å². The number of unbranched alkanes of at least 4 members (excludes halogenated alkanes) is 2. The average molecular weight is 564 g/mol. The molecule has 0 aliphatic carbocycles. The third kappa shape index (κ3) is 6.30. The van der Waals surface area contributed by atoms with E-state index < -0.39 is 29.4 Å². The van der Waals surface area contributed by atoms with Gasteiger partial charge in [-0.25, -0.2) is 19.5 Å². The first-order chi connectivity index (χ1) is 18.6. The van der Waals surface area contributed by atoms with Crippen LogP contribution in [-0.4, -0.2) is 35.1 Å². The minimum absolute atomic E-state index is 0.0663. The molecule has 2 heterocycles. The standard InChI is InChI=1S/C26H24F3N3O6S/c1-3-5-6-11-37-20-10-8-16(13-17(20)26(27,28)29)32(22(33)23(34)36-4-2)24-30-19(14-39-24)15-7-9-18-21(12-15)38-25(35)31-18/h7-10,12-14H,3-6,11H2,1-2H3,(H,31,35). The summed E-state index contributed by atoms with van der Waals surface area (Å²) in [5, 5.41) is 1.49. The Morgan fingerprint density at radius 2 is 1.92 bits per heavy atom. The predicted octanol–water partition coefficient (Wildman–Crippen LogP) is 6.06. The van der Waals surface area contributed by atoms with Gasteiger partial charge in [-0.3, -0.25) is 9.78 Å². The molecule has 0 atom stereocenters. The lowest BCUT2D eigenvalue weighted by atomic mass is 10.1. The number of benzene rings is 2. The molecule has 0 bridgehead atoms. The van der Waals surface area contributed by atoms with Crippen molar-refractivity contribution in [2.75, 3.05) is 18.1 Å². The molecule has 2 aromatic carbocycles. The molecule has 39 heavy (non-hydrogen) atoms. The van der Waals surface area contributed by atoms with Crippen molar-refractivity contribution in [3.8, 4) is 17.0 Å². The summed E-state index contributed by atoms with van der Waals surface area (Å²) in [7, 11) is 0. The monoisotopic (exact) mass is 563 g/mol. The van der Waals surface area contributed by atoms with E-state index in [1.165, 1.54) is 13.0 Å². The molecule has 1 N–H and O–H groups in total. The number of esters is 1. The summed E-state index contributed by atoms with van der Waals surface area (Å²) in [6.45, 7) is 3.45. The number of aromatic nitrogens is 2. The number of nitrogens with one attached hydrogen (secondary N) is 1. The summed E-state index contributed by atoms with van der Waals surface area (Å²) in [5.41, 5.74) is 0.264. The van der Waals surface area contributed by atoms with Crippen LogP contribution in [0.2, 0.25) is 0 Å². The smallest absolute Gasteiger partial charge is 0.420 e. The zero-order valence-electron chi connectivity index (χ0n) is 21.0. The normalized spacial score (nSPS) is 11.5. The Balaban J connectivity index is 1.75. The Hall–Kier alpha value is -4.13. The maximum atomic E-state index is 14.0. The lowest BCUT2D eigenvalue weighted by Gasteiger charge is -2.21. The summed E-state index contributed by atoms with van der Waals surface area (Å²) in [4.78, 5) is 44.6. The van der Waals surface area contributed by atoms with Gasteiger partial charge in [0, 0.05) is 10.9 Å². The van der Waals surface area contributed by atoms with E-state index >= 15 is 0 Å². The number of carbonyl (C=O) groups is 2. The number of aromatic amines is 1. The number of carbonyl (C=O) groups excluding carboxylic acids is 2. The lowest BCUT2D eigenvalue weighted by molar-refractivity contribution is -0.152. The lowest BCUT2D eigenvalue weighted by Crippen LogP contribution is -2.34. The van der Waals surface area contributed by atoms with Crippen molar-refractivity contribution in [3.63, 3.8) is 0 Å². The van der Waals surface area contributed by atoms with Crippen molar-refractivity contribution in [3.05, 3.63) is 57.9 Å². The van der Waals surface area contributed by atoms with Crippen molar-refractivity contribution in [2.24, 2.45) is 0 Å². The second kappa shape index (κ2) is 11.7. The third-order valence-corrected chi connectivity index (χ3v) is 6.41. The third-order valence-electron chi connectivity index (χ3n) is 5.59. The fourth-order valence-corrected chi connectivity index (χ4v) is 4.59. The quantitative estimate of drug-likeness (QED) is 0.150. The highest BCUT2D eigenvalue weighted by molar-refractivity contribution is 7.14. The second-order valence-corrected chi connectivity index (χ2v) is 9.17. The molecule has 0 aliphatic rings. The number of thiazole rings is 1. The molecule has 2 aromatic heterocycles. The molecule has 4 aromatic rings. The van der Waals surface area contributed by atoms with Crippen LogP contribution in [0.25, 0.3) is 22.4 Å². The number of anilines is 2. The maximum absolute atomic E-state index is 14.0. The summed E-state index contributed by atoms with van der Waals surface area (Å²) in [6, 6.07) is 7.92. The highest BCUT2D eigenvalue weighted by Gasteiger charge is 2.37. The fraction of sp³-hybridized carbons (Fsp3) is 0.308. The molecule has 206 valence electrons. The molecule has 1 amide bonds. The van der Waals surface area contributed by atoms with Crippen LogP contribution >= 0.6 is 11.3 Å². The van der Waals surface area contributed by atoms with E-state index in [-0.39, 0.29) is 35.4 Å². The van der Waals surface area contributed by atoms with Gasteiger partial charge in [-0.1, -0.05) is 25.8 Å². The van der Waals surface area contributed by atoms with E-state index in [2.05, 4.69) is 9.97 Å². The molecule has 0 unspecified atom stereocenters. The Kier molecular flexibility index (Phi) is 8.38. The van der Waals surface area contributed by atoms with E-state index in [0.717, 1.165) is 41.2 Å². The molecule has 4 rings (SSSR count). The number of oxazole rings is 1. The Bertz CT molecular complexity index is 1540. The van der Waals surface area contributed by atoms with Gasteiger partial charge in [0.25, 0.3) is 0 Å². The Morgan fingerprint density at radius 1 is 1.13 bits per heavy atom. The van der Waals surface area contributed by atoms with Gasteiger partial charge >= 0.3 is 23.8 Å². The van der Waals surface area contributed by atoms with Crippen LogP contribution in [-0.2, 0) is 20.5 Å². The first-order valence-corrected chi connectivity index (χ1v) is 12.9. The van der Waals surface area contributed by atoms with Gasteiger partial charge in [-0.05, 0) is 43.7 Å². The van der Waals surface area contributed by atoms with Crippen LogP contribution in [0, 0.1) is 0 Å². The number of nitrogens with zero attached hydrogens (tertiary/aromatic N) is 2. The van der Waals surface area contributed by atoms with E-state index in [9.17, 15) is 27.6 Å². The number of hydrogen-bond acceptors (Lipinski definition) is 8. The molecule has 0 aliphatic heterocycles. The van der Waals surface area contributed by atoms with Crippen molar-refractivity contribution >= 4 is 45.1 Å². The van der Waals surface area contributed by atoms with Gasteiger partial charge in [-0.2, -0.15) is 13.2 Å². The fourth-order valence-electron chi connectivity index (χ4n) is 3.74. The average Bonchev–Trinajstić information content (AvgIpc) is 3.52. The summed E-state index contributed by atoms with van der Waals surface area (Å²) in [6.07, 6.45) is -2.53. The van der Waals surface area contributed by atoms with Crippen molar-refractivity contribution in [2.45, 2.75) is 39.3 Å². The molecule has 0 fully saturated rings. The van der Waals surface area contributed by atoms with Crippen LogP contribution in [0.1, 0.15) is 38.7 Å². The van der Waals surface area contributed by atoms with Crippen LogP contribution in [0.4, 0.5) is 24.0 Å². The van der Waals surface area contributed by atoms with Crippen LogP contribution in [0.5, 0.6) is 5.75 Å². The molecule has 0 saturated carbocycles. The van der Waals surface area contributed by atoms with Crippen LogP contribution < -0.4 is 15.4 Å². The number of rotatable bonds is 9. The zero-order valence-corrected chi connectivity index (χ0v) is 21.8. The molecular weight excluding hydrogens is 539 g/mol. The van der Waals surface area contributed by atoms with Crippen molar-refractivity contribution in [1.82, 2.24) is 9.97 Å². The van der Waals surface area contributed by atoms with Gasteiger partial charge in [0.15, 0.2) is 10.7 Å². The SMILES string of the molecule is CCCCCOc1ccc(N(C(=O)C(=O)OCC)c2nc(-c3ccc4[nH]c(=O)oc4c3)cs2)cc1C(F)(F)F. The minimum Gasteiger partial charge on any atom is -0.493 e. The number of halogens is 3. The van der Waals surface area contributed by atoms with Gasteiger partial charge in [-0.15, -0.1) is 11.3 Å². The topological polar surface area (TPSA) is 115 Å². The highest BCUT2D eigenvalue weighted by atomic mass is 32.1. The first-order valence-electron chi connectivity index (χ1n) is 12.1. The number of fused-ring (bicyclic) bond motifs is 1. The van der Waals surface area contributed by atoms with E-state index in [1.807, 2.05) is 6.92 Å². The maximum Gasteiger partial charge on any atom is 0.420 e. The number of H-pyrrole nitrogens is 1. The predicted molar refractivity (Wildman–Crippen MR) is 138 cm³/mol. The molecule has 0 saturated heterocycles.